The maximum absolute atomic E-state index is 13.2. The van der Waals surface area contributed by atoms with Gasteiger partial charge < -0.3 is 10.3 Å². The number of thiazole rings is 1. The van der Waals surface area contributed by atoms with Gasteiger partial charge in [0.2, 0.25) is 5.91 Å². The molecule has 0 radical (unpaired) electrons. The molecule has 0 saturated carbocycles. The minimum absolute atomic E-state index is 0.104. The van der Waals surface area contributed by atoms with Crippen LogP contribution in [0.4, 0.5) is 13.2 Å². The highest BCUT2D eigenvalue weighted by Crippen LogP contribution is 2.32. The van der Waals surface area contributed by atoms with Gasteiger partial charge in [-0.1, -0.05) is 0 Å². The zero-order chi connectivity index (χ0) is 21.6. The first kappa shape index (κ1) is 20.8. The van der Waals surface area contributed by atoms with Crippen LogP contribution >= 0.6 is 11.3 Å². The maximum Gasteiger partial charge on any atom is 0.443 e. The summed E-state index contributed by atoms with van der Waals surface area (Å²) in [5.41, 5.74) is 0.00245. The second-order valence-electron chi connectivity index (χ2n) is 7.65. The molecule has 0 aromatic carbocycles. The van der Waals surface area contributed by atoms with Crippen LogP contribution in [0.3, 0.4) is 0 Å². The van der Waals surface area contributed by atoms with Crippen molar-refractivity contribution < 1.29 is 18.0 Å². The summed E-state index contributed by atoms with van der Waals surface area (Å²) in [6, 6.07) is -0.944. The number of carbonyl (C=O) groups is 1. The average Bonchev–Trinajstić information content (AvgIpc) is 3.40. The summed E-state index contributed by atoms with van der Waals surface area (Å²) in [7, 11) is 0. The van der Waals surface area contributed by atoms with Crippen LogP contribution < -0.4 is 5.69 Å². The Balaban J connectivity index is 1.61. The second kappa shape index (κ2) is 7.64. The Labute approximate surface area is 173 Å². The van der Waals surface area contributed by atoms with E-state index in [0.717, 1.165) is 17.5 Å². The number of hydrogen-bond acceptors (Lipinski definition) is 6. The molecular formula is C18H21F3N6O2S. The second-order valence-corrected chi connectivity index (χ2v) is 8.51. The molecule has 12 heteroatoms. The monoisotopic (exact) mass is 442 g/mol. The first-order valence-electron chi connectivity index (χ1n) is 9.72. The van der Waals surface area contributed by atoms with Crippen molar-refractivity contribution in [1.29, 1.82) is 5.41 Å². The molecule has 4 heterocycles. The number of nitrogens with one attached hydrogen (secondary N) is 1. The molecule has 1 saturated heterocycles. The Hall–Kier alpha value is -2.50. The molecular weight excluding hydrogens is 421 g/mol. The van der Waals surface area contributed by atoms with Crippen LogP contribution in [0.15, 0.2) is 10.2 Å². The van der Waals surface area contributed by atoms with E-state index in [4.69, 9.17) is 5.41 Å². The van der Waals surface area contributed by atoms with E-state index in [-0.39, 0.29) is 24.2 Å². The fourth-order valence-corrected chi connectivity index (χ4v) is 4.88. The quantitative estimate of drug-likeness (QED) is 0.736. The molecule has 162 valence electrons. The smallest absolute Gasteiger partial charge is 0.333 e. The van der Waals surface area contributed by atoms with Gasteiger partial charge in [-0.25, -0.2) is 14.5 Å². The molecule has 0 bridgehead atoms. The zero-order valence-electron chi connectivity index (χ0n) is 16.3. The number of carbonyl (C=O) groups excluding carboxylic acids is 1. The predicted molar refractivity (Wildman–Crippen MR) is 103 cm³/mol. The van der Waals surface area contributed by atoms with Crippen LogP contribution in [-0.2, 0) is 23.9 Å². The molecule has 2 aromatic rings. The van der Waals surface area contributed by atoms with E-state index < -0.39 is 22.9 Å². The highest BCUT2D eigenvalue weighted by Gasteiger charge is 2.38. The number of hydrogen-bond donors (Lipinski definition) is 1. The number of amides is 1. The standard InChI is InChI=1S/C18H21F3N6O2S/c1-10(22)12-5-3-7-25(12)15(28)13-4-2-6-14-24-26(17(29)27(13)14)8-11-9-30-16(23-11)18(19,20)21/h9,12-13,22H,2-8H2,1H3/t12-,13-/m0/s1. The first-order chi connectivity index (χ1) is 14.2. The SMILES string of the molecule is CC(=N)[C@@H]1CCCN1C(=O)[C@@H]1CCCc2nn(Cc3csc(C(F)(F)F)n3)c(=O)n21. The topological polar surface area (TPSA) is 96.9 Å². The van der Waals surface area contributed by atoms with Crippen molar-refractivity contribution in [2.24, 2.45) is 0 Å². The van der Waals surface area contributed by atoms with E-state index in [1.807, 2.05) is 0 Å². The van der Waals surface area contributed by atoms with E-state index >= 15 is 0 Å². The summed E-state index contributed by atoms with van der Waals surface area (Å²) in [5.74, 6) is 0.262. The van der Waals surface area contributed by atoms with E-state index in [0.29, 0.717) is 48.7 Å². The molecule has 2 aliphatic rings. The van der Waals surface area contributed by atoms with Crippen molar-refractivity contribution >= 4 is 23.0 Å². The molecule has 1 fully saturated rings. The Morgan fingerprint density at radius 2 is 2.03 bits per heavy atom. The van der Waals surface area contributed by atoms with Crippen molar-refractivity contribution in [2.45, 2.75) is 63.8 Å². The lowest BCUT2D eigenvalue weighted by molar-refractivity contribution is -0.138. The summed E-state index contributed by atoms with van der Waals surface area (Å²) < 4.78 is 40.8. The van der Waals surface area contributed by atoms with Gasteiger partial charge in [0, 0.05) is 24.1 Å². The number of alkyl halides is 3. The lowest BCUT2D eigenvalue weighted by Gasteiger charge is -2.30. The van der Waals surface area contributed by atoms with Gasteiger partial charge in [-0.15, -0.1) is 11.3 Å². The fourth-order valence-electron chi connectivity index (χ4n) is 4.20. The normalized spacial score (nSPS) is 21.7. The number of halogens is 3. The van der Waals surface area contributed by atoms with Crippen LogP contribution in [-0.4, -0.2) is 48.4 Å². The van der Waals surface area contributed by atoms with Crippen molar-refractivity contribution in [2.75, 3.05) is 6.54 Å². The van der Waals surface area contributed by atoms with Gasteiger partial charge >= 0.3 is 11.9 Å². The summed E-state index contributed by atoms with van der Waals surface area (Å²) in [6.45, 7) is 2.04. The molecule has 2 atom stereocenters. The zero-order valence-corrected chi connectivity index (χ0v) is 17.1. The molecule has 0 aliphatic carbocycles. The number of aryl methyl sites for hydroxylation is 1. The number of aromatic nitrogens is 4. The van der Waals surface area contributed by atoms with Crippen LogP contribution in [0, 0.1) is 5.41 Å². The number of nitrogens with zero attached hydrogens (tertiary/aromatic N) is 5. The van der Waals surface area contributed by atoms with Crippen molar-refractivity contribution in [3.05, 3.63) is 32.4 Å². The lowest BCUT2D eigenvalue weighted by Crippen LogP contribution is -2.46. The average molecular weight is 442 g/mol. The molecule has 1 amide bonds. The van der Waals surface area contributed by atoms with Gasteiger partial charge in [-0.05, 0) is 32.6 Å². The number of likely N-dealkylation sites (tertiary alicyclic amines) is 1. The van der Waals surface area contributed by atoms with Gasteiger partial charge in [-0.2, -0.15) is 18.3 Å². The van der Waals surface area contributed by atoms with Gasteiger partial charge in [0.05, 0.1) is 18.3 Å². The van der Waals surface area contributed by atoms with Gasteiger partial charge in [0.15, 0.2) is 5.01 Å². The van der Waals surface area contributed by atoms with Gasteiger partial charge in [0.25, 0.3) is 0 Å². The number of fused-ring (bicyclic) bond motifs is 1. The minimum Gasteiger partial charge on any atom is -0.333 e. The van der Waals surface area contributed by atoms with E-state index in [2.05, 4.69) is 10.1 Å². The summed E-state index contributed by atoms with van der Waals surface area (Å²) in [5, 5.41) is 12.5. The molecule has 8 nitrogen and oxygen atoms in total. The van der Waals surface area contributed by atoms with E-state index in [1.165, 1.54) is 9.95 Å². The first-order valence-corrected chi connectivity index (χ1v) is 10.6. The summed E-state index contributed by atoms with van der Waals surface area (Å²) in [6.07, 6.45) is -1.29. The van der Waals surface area contributed by atoms with Crippen LogP contribution in [0.25, 0.3) is 0 Å². The molecule has 2 aromatic heterocycles. The minimum atomic E-state index is -4.53. The van der Waals surface area contributed by atoms with Crippen LogP contribution in [0.2, 0.25) is 0 Å². The molecule has 0 unspecified atom stereocenters. The van der Waals surface area contributed by atoms with Crippen molar-refractivity contribution in [3.63, 3.8) is 0 Å². The number of rotatable bonds is 4. The highest BCUT2D eigenvalue weighted by molar-refractivity contribution is 7.09. The Kier molecular flexibility index (Phi) is 5.28. The lowest BCUT2D eigenvalue weighted by atomic mass is 10.0. The van der Waals surface area contributed by atoms with Gasteiger partial charge in [-0.3, -0.25) is 9.36 Å². The molecule has 0 spiro atoms. The Morgan fingerprint density at radius 3 is 2.70 bits per heavy atom. The molecule has 30 heavy (non-hydrogen) atoms. The molecule has 1 N–H and O–H groups in total. The van der Waals surface area contributed by atoms with E-state index in [1.54, 1.807) is 11.8 Å². The van der Waals surface area contributed by atoms with Crippen molar-refractivity contribution in [3.8, 4) is 0 Å². The third-order valence-electron chi connectivity index (χ3n) is 5.56. The highest BCUT2D eigenvalue weighted by atomic mass is 32.1. The molecule has 4 rings (SSSR count). The van der Waals surface area contributed by atoms with Crippen molar-refractivity contribution in [1.82, 2.24) is 24.2 Å². The Bertz CT molecular complexity index is 1040. The summed E-state index contributed by atoms with van der Waals surface area (Å²) >= 11 is 0.475. The predicted octanol–water partition coefficient (Wildman–Crippen LogP) is 2.48. The largest absolute Gasteiger partial charge is 0.443 e. The Morgan fingerprint density at radius 1 is 1.30 bits per heavy atom. The fraction of sp³-hybridized carbons (Fsp3) is 0.611. The van der Waals surface area contributed by atoms with Gasteiger partial charge in [0.1, 0.15) is 11.9 Å². The van der Waals surface area contributed by atoms with Crippen LogP contribution in [0.1, 0.15) is 55.2 Å². The maximum atomic E-state index is 13.2. The summed E-state index contributed by atoms with van der Waals surface area (Å²) in [4.78, 5) is 31.4. The molecule has 2 aliphatic heterocycles. The van der Waals surface area contributed by atoms with E-state index in [9.17, 15) is 22.8 Å². The third kappa shape index (κ3) is 3.68. The van der Waals surface area contributed by atoms with Crippen LogP contribution in [0.5, 0.6) is 0 Å². The third-order valence-corrected chi connectivity index (χ3v) is 6.49.